The molecule has 2 aromatic carbocycles. The van der Waals surface area contributed by atoms with Gasteiger partial charge in [-0.05, 0) is 49.0 Å². The molecule has 2 aromatic rings. The molecule has 0 spiro atoms. The van der Waals surface area contributed by atoms with E-state index in [-0.39, 0.29) is 17.6 Å². The van der Waals surface area contributed by atoms with Crippen molar-refractivity contribution >= 4 is 28.9 Å². The Morgan fingerprint density at radius 3 is 2.62 bits per heavy atom. The van der Waals surface area contributed by atoms with Gasteiger partial charge in [-0.15, -0.1) is 0 Å². The average Bonchev–Trinajstić information content (AvgIpc) is 2.46. The summed E-state index contributed by atoms with van der Waals surface area (Å²) in [5, 5.41) is 5.78. The Morgan fingerprint density at radius 2 is 1.90 bits per heavy atom. The van der Waals surface area contributed by atoms with Gasteiger partial charge in [0.25, 0.3) is 5.91 Å². The third-order valence-electron chi connectivity index (χ3n) is 2.64. The number of amides is 1. The fourth-order valence-corrected chi connectivity index (χ4v) is 1.95. The quantitative estimate of drug-likeness (QED) is 0.853. The molecule has 0 radical (unpaired) electrons. The SMILES string of the molecule is Cc1cccc(NC(=S)NC(=O)COc2ccccc2)c1. The Labute approximate surface area is 129 Å². The topological polar surface area (TPSA) is 50.4 Å². The maximum atomic E-state index is 11.7. The molecule has 0 aliphatic rings. The molecular weight excluding hydrogens is 284 g/mol. The summed E-state index contributed by atoms with van der Waals surface area (Å²) in [5.74, 6) is 0.342. The molecule has 0 atom stereocenters. The molecule has 2 rings (SSSR count). The van der Waals surface area contributed by atoms with E-state index in [2.05, 4.69) is 10.6 Å². The number of anilines is 1. The van der Waals surface area contributed by atoms with Crippen molar-refractivity contribution < 1.29 is 9.53 Å². The molecule has 4 nitrogen and oxygen atoms in total. The number of carbonyl (C=O) groups excluding carboxylic acids is 1. The highest BCUT2D eigenvalue weighted by molar-refractivity contribution is 7.80. The zero-order valence-corrected chi connectivity index (χ0v) is 12.4. The van der Waals surface area contributed by atoms with E-state index in [1.54, 1.807) is 12.1 Å². The lowest BCUT2D eigenvalue weighted by molar-refractivity contribution is -0.121. The van der Waals surface area contributed by atoms with Crippen LogP contribution >= 0.6 is 12.2 Å². The van der Waals surface area contributed by atoms with Crippen LogP contribution in [-0.4, -0.2) is 17.6 Å². The summed E-state index contributed by atoms with van der Waals surface area (Å²) in [5.41, 5.74) is 1.95. The van der Waals surface area contributed by atoms with Gasteiger partial charge in [-0.3, -0.25) is 10.1 Å². The Balaban J connectivity index is 1.78. The van der Waals surface area contributed by atoms with Crippen LogP contribution in [0.3, 0.4) is 0 Å². The molecule has 21 heavy (non-hydrogen) atoms. The van der Waals surface area contributed by atoms with E-state index >= 15 is 0 Å². The lowest BCUT2D eigenvalue weighted by Gasteiger charge is -2.10. The second-order valence-corrected chi connectivity index (χ2v) is 4.88. The van der Waals surface area contributed by atoms with Crippen LogP contribution in [0.5, 0.6) is 5.75 Å². The molecule has 108 valence electrons. The standard InChI is InChI=1S/C16H16N2O2S/c1-12-6-5-7-13(10-12)17-16(21)18-15(19)11-20-14-8-3-2-4-9-14/h2-10H,11H2,1H3,(H2,17,18,19,21). The van der Waals surface area contributed by atoms with Crippen molar-refractivity contribution in [1.82, 2.24) is 5.32 Å². The van der Waals surface area contributed by atoms with Crippen LogP contribution in [0.15, 0.2) is 54.6 Å². The molecular formula is C16H16N2O2S. The van der Waals surface area contributed by atoms with Crippen molar-refractivity contribution in [3.63, 3.8) is 0 Å². The van der Waals surface area contributed by atoms with Crippen molar-refractivity contribution in [2.45, 2.75) is 6.92 Å². The minimum atomic E-state index is -0.302. The first-order valence-electron chi connectivity index (χ1n) is 6.49. The van der Waals surface area contributed by atoms with Crippen LogP contribution in [0, 0.1) is 6.92 Å². The molecule has 5 heteroatoms. The van der Waals surface area contributed by atoms with Crippen LogP contribution < -0.4 is 15.4 Å². The number of carbonyl (C=O) groups is 1. The summed E-state index contributed by atoms with van der Waals surface area (Å²) in [6, 6.07) is 16.9. The van der Waals surface area contributed by atoms with Gasteiger partial charge in [0.15, 0.2) is 11.7 Å². The first kappa shape index (κ1) is 15.0. The van der Waals surface area contributed by atoms with Crippen LogP contribution in [0.4, 0.5) is 5.69 Å². The number of para-hydroxylation sites is 1. The molecule has 0 saturated carbocycles. The average molecular weight is 300 g/mol. The van der Waals surface area contributed by atoms with Crippen LogP contribution in [0.2, 0.25) is 0 Å². The fraction of sp³-hybridized carbons (Fsp3) is 0.125. The first-order chi connectivity index (χ1) is 10.1. The molecule has 2 N–H and O–H groups in total. The zero-order chi connectivity index (χ0) is 15.1. The Bertz CT molecular complexity index is 629. The van der Waals surface area contributed by atoms with Gasteiger partial charge in [0, 0.05) is 5.69 Å². The molecule has 1 amide bonds. The maximum absolute atomic E-state index is 11.7. The van der Waals surface area contributed by atoms with Gasteiger partial charge in [-0.2, -0.15) is 0 Å². The molecule has 0 unspecified atom stereocenters. The lowest BCUT2D eigenvalue weighted by atomic mass is 10.2. The molecule has 0 bridgehead atoms. The number of hydrogen-bond acceptors (Lipinski definition) is 3. The van der Waals surface area contributed by atoms with E-state index in [4.69, 9.17) is 17.0 Å². The highest BCUT2D eigenvalue weighted by atomic mass is 32.1. The van der Waals surface area contributed by atoms with Crippen molar-refractivity contribution in [2.24, 2.45) is 0 Å². The van der Waals surface area contributed by atoms with Gasteiger partial charge in [0.1, 0.15) is 5.75 Å². The number of thiocarbonyl (C=S) groups is 1. The number of aryl methyl sites for hydroxylation is 1. The molecule has 0 saturated heterocycles. The van der Waals surface area contributed by atoms with Crippen molar-refractivity contribution in [2.75, 3.05) is 11.9 Å². The highest BCUT2D eigenvalue weighted by Crippen LogP contribution is 2.09. The molecule has 0 heterocycles. The van der Waals surface area contributed by atoms with E-state index in [0.717, 1.165) is 11.3 Å². The number of nitrogens with one attached hydrogen (secondary N) is 2. The largest absolute Gasteiger partial charge is 0.484 e. The van der Waals surface area contributed by atoms with Crippen molar-refractivity contribution in [3.8, 4) is 5.75 Å². The second kappa shape index (κ2) is 7.40. The third-order valence-corrected chi connectivity index (χ3v) is 2.85. The van der Waals surface area contributed by atoms with Gasteiger partial charge in [-0.25, -0.2) is 0 Å². The Morgan fingerprint density at radius 1 is 1.14 bits per heavy atom. The Hall–Kier alpha value is -2.40. The van der Waals surface area contributed by atoms with E-state index in [1.807, 2.05) is 49.4 Å². The summed E-state index contributed by atoms with van der Waals surface area (Å²) < 4.78 is 5.34. The highest BCUT2D eigenvalue weighted by Gasteiger charge is 2.06. The van der Waals surface area contributed by atoms with Crippen LogP contribution in [0.1, 0.15) is 5.56 Å². The summed E-state index contributed by atoms with van der Waals surface area (Å²) in [6.07, 6.45) is 0. The van der Waals surface area contributed by atoms with E-state index in [9.17, 15) is 4.79 Å². The van der Waals surface area contributed by atoms with E-state index < -0.39 is 0 Å². The van der Waals surface area contributed by atoms with E-state index in [1.165, 1.54) is 0 Å². The van der Waals surface area contributed by atoms with Crippen molar-refractivity contribution in [3.05, 3.63) is 60.2 Å². The van der Waals surface area contributed by atoms with Crippen LogP contribution in [0.25, 0.3) is 0 Å². The summed E-state index contributed by atoms with van der Waals surface area (Å²) in [7, 11) is 0. The predicted molar refractivity (Wildman–Crippen MR) is 87.5 cm³/mol. The lowest BCUT2D eigenvalue weighted by Crippen LogP contribution is -2.37. The summed E-state index contributed by atoms with van der Waals surface area (Å²) in [6.45, 7) is 1.90. The smallest absolute Gasteiger partial charge is 0.264 e. The molecule has 0 fully saturated rings. The van der Waals surface area contributed by atoms with Gasteiger partial charge < -0.3 is 10.1 Å². The van der Waals surface area contributed by atoms with Gasteiger partial charge >= 0.3 is 0 Å². The minimum absolute atomic E-state index is 0.0837. The summed E-state index contributed by atoms with van der Waals surface area (Å²) >= 11 is 5.09. The minimum Gasteiger partial charge on any atom is -0.484 e. The second-order valence-electron chi connectivity index (χ2n) is 4.47. The first-order valence-corrected chi connectivity index (χ1v) is 6.89. The van der Waals surface area contributed by atoms with Crippen molar-refractivity contribution in [1.29, 1.82) is 0 Å². The van der Waals surface area contributed by atoms with Gasteiger partial charge in [-0.1, -0.05) is 30.3 Å². The number of hydrogen-bond donors (Lipinski definition) is 2. The third kappa shape index (κ3) is 5.24. The van der Waals surface area contributed by atoms with Gasteiger partial charge in [0.2, 0.25) is 0 Å². The number of rotatable bonds is 4. The van der Waals surface area contributed by atoms with Crippen LogP contribution in [-0.2, 0) is 4.79 Å². The number of benzene rings is 2. The molecule has 0 aliphatic heterocycles. The maximum Gasteiger partial charge on any atom is 0.264 e. The molecule has 0 aliphatic carbocycles. The zero-order valence-electron chi connectivity index (χ0n) is 11.6. The molecule has 0 aromatic heterocycles. The van der Waals surface area contributed by atoms with E-state index in [0.29, 0.717) is 5.75 Å². The number of ether oxygens (including phenoxy) is 1. The van der Waals surface area contributed by atoms with Gasteiger partial charge in [0.05, 0.1) is 0 Å². The normalized spacial score (nSPS) is 9.76. The Kier molecular flexibility index (Phi) is 5.29. The predicted octanol–water partition coefficient (Wildman–Crippen LogP) is 2.89. The monoisotopic (exact) mass is 300 g/mol. The fourth-order valence-electron chi connectivity index (χ4n) is 1.71. The summed E-state index contributed by atoms with van der Waals surface area (Å²) in [4.78, 5) is 11.7.